The molecule has 0 heterocycles. The standard InChI is InChI=1S/C20H30O3/c1-13(2)17-11-9-15(21)8-6-14-7-10-16(12-18(14)17)23-19(22)20(3,4)5/h6-8,13,16-18H,9-12H2,1-5H3/b8-6-/t16-,17+,18?/m1/s1. The number of fused-ring (bicyclic) bond motifs is 1. The van der Waals surface area contributed by atoms with E-state index in [-0.39, 0.29) is 17.9 Å². The molecule has 0 amide bonds. The van der Waals surface area contributed by atoms with Crippen molar-refractivity contribution in [2.45, 2.75) is 66.4 Å². The van der Waals surface area contributed by atoms with Crippen molar-refractivity contribution in [1.82, 2.24) is 0 Å². The van der Waals surface area contributed by atoms with Gasteiger partial charge in [0.15, 0.2) is 5.78 Å². The van der Waals surface area contributed by atoms with Crippen LogP contribution < -0.4 is 0 Å². The summed E-state index contributed by atoms with van der Waals surface area (Å²) in [5, 5.41) is 0. The summed E-state index contributed by atoms with van der Waals surface area (Å²) in [6.07, 6.45) is 8.99. The van der Waals surface area contributed by atoms with Gasteiger partial charge in [-0.1, -0.05) is 26.0 Å². The van der Waals surface area contributed by atoms with E-state index in [1.807, 2.05) is 26.8 Å². The molecule has 23 heavy (non-hydrogen) atoms. The van der Waals surface area contributed by atoms with Gasteiger partial charge < -0.3 is 4.74 Å². The van der Waals surface area contributed by atoms with Gasteiger partial charge in [0.1, 0.15) is 6.10 Å². The van der Waals surface area contributed by atoms with Crippen LogP contribution in [0.15, 0.2) is 23.8 Å². The number of ether oxygens (including phenoxy) is 1. The Kier molecular flexibility index (Phi) is 5.49. The molecule has 0 radical (unpaired) electrons. The fraction of sp³-hybridized carbons (Fsp3) is 0.700. The molecule has 0 aromatic rings. The molecular formula is C20H30O3. The van der Waals surface area contributed by atoms with Crippen LogP contribution in [0.1, 0.15) is 60.3 Å². The molecule has 2 aliphatic rings. The lowest BCUT2D eigenvalue weighted by atomic mass is 9.70. The van der Waals surface area contributed by atoms with Crippen molar-refractivity contribution in [2.24, 2.45) is 23.2 Å². The lowest BCUT2D eigenvalue weighted by Crippen LogP contribution is -2.34. The number of rotatable bonds is 2. The van der Waals surface area contributed by atoms with Gasteiger partial charge in [0.2, 0.25) is 0 Å². The first kappa shape index (κ1) is 18.0. The van der Waals surface area contributed by atoms with Crippen molar-refractivity contribution in [3.8, 4) is 0 Å². The van der Waals surface area contributed by atoms with Crippen molar-refractivity contribution in [3.63, 3.8) is 0 Å². The smallest absolute Gasteiger partial charge is 0.311 e. The summed E-state index contributed by atoms with van der Waals surface area (Å²) in [6, 6.07) is 0. The summed E-state index contributed by atoms with van der Waals surface area (Å²) in [4.78, 5) is 24.0. The van der Waals surface area contributed by atoms with Gasteiger partial charge in [-0.2, -0.15) is 0 Å². The number of carbonyl (C=O) groups is 2. The van der Waals surface area contributed by atoms with E-state index in [4.69, 9.17) is 4.74 Å². The highest BCUT2D eigenvalue weighted by Gasteiger charge is 2.35. The Morgan fingerprint density at radius 1 is 1.26 bits per heavy atom. The first-order valence-electron chi connectivity index (χ1n) is 8.80. The van der Waals surface area contributed by atoms with Gasteiger partial charge >= 0.3 is 5.97 Å². The molecule has 0 fully saturated rings. The minimum atomic E-state index is -0.464. The Bertz CT molecular complexity index is 519. The third-order valence-corrected chi connectivity index (χ3v) is 5.01. The third kappa shape index (κ3) is 4.55. The molecule has 0 saturated carbocycles. The maximum Gasteiger partial charge on any atom is 0.311 e. The molecule has 0 bridgehead atoms. The Labute approximate surface area is 140 Å². The number of hydrogen-bond acceptors (Lipinski definition) is 3. The van der Waals surface area contributed by atoms with Gasteiger partial charge in [-0.15, -0.1) is 0 Å². The summed E-state index contributed by atoms with van der Waals surface area (Å²) < 4.78 is 5.75. The zero-order valence-corrected chi connectivity index (χ0v) is 15.1. The Hall–Kier alpha value is -1.38. The van der Waals surface area contributed by atoms with E-state index in [9.17, 15) is 9.59 Å². The summed E-state index contributed by atoms with van der Waals surface area (Å²) in [6.45, 7) is 10.1. The van der Waals surface area contributed by atoms with Crippen LogP contribution in [0.25, 0.3) is 0 Å². The largest absolute Gasteiger partial charge is 0.462 e. The Morgan fingerprint density at radius 3 is 2.57 bits per heavy atom. The minimum absolute atomic E-state index is 0.0414. The molecule has 2 aliphatic carbocycles. The van der Waals surface area contributed by atoms with Crippen LogP contribution in [0.4, 0.5) is 0 Å². The molecule has 0 N–H and O–H groups in total. The van der Waals surface area contributed by atoms with Crippen molar-refractivity contribution in [2.75, 3.05) is 0 Å². The Balaban J connectivity index is 2.19. The fourth-order valence-electron chi connectivity index (χ4n) is 3.55. The van der Waals surface area contributed by atoms with E-state index in [0.29, 0.717) is 24.2 Å². The monoisotopic (exact) mass is 318 g/mol. The first-order valence-corrected chi connectivity index (χ1v) is 8.80. The van der Waals surface area contributed by atoms with Crippen LogP contribution in [0.3, 0.4) is 0 Å². The van der Waals surface area contributed by atoms with Gasteiger partial charge in [0, 0.05) is 12.8 Å². The second-order valence-corrected chi connectivity index (χ2v) is 8.31. The van der Waals surface area contributed by atoms with Crippen molar-refractivity contribution in [3.05, 3.63) is 23.8 Å². The fourth-order valence-corrected chi connectivity index (χ4v) is 3.55. The average molecular weight is 318 g/mol. The molecule has 1 unspecified atom stereocenters. The highest BCUT2D eigenvalue weighted by molar-refractivity contribution is 5.90. The second-order valence-electron chi connectivity index (χ2n) is 8.31. The molecule has 0 aromatic carbocycles. The summed E-state index contributed by atoms with van der Waals surface area (Å²) in [5.41, 5.74) is 0.786. The van der Waals surface area contributed by atoms with Crippen molar-refractivity contribution in [1.29, 1.82) is 0 Å². The van der Waals surface area contributed by atoms with Gasteiger partial charge in [-0.05, 0) is 63.0 Å². The summed E-state index contributed by atoms with van der Waals surface area (Å²) in [7, 11) is 0. The quantitative estimate of drug-likeness (QED) is 0.705. The van der Waals surface area contributed by atoms with E-state index in [2.05, 4.69) is 19.9 Å². The third-order valence-electron chi connectivity index (χ3n) is 5.01. The molecule has 0 aromatic heterocycles. The van der Waals surface area contributed by atoms with Crippen LogP contribution >= 0.6 is 0 Å². The molecule has 0 spiro atoms. The maximum atomic E-state index is 12.2. The minimum Gasteiger partial charge on any atom is -0.462 e. The molecule has 0 saturated heterocycles. The zero-order valence-electron chi connectivity index (χ0n) is 15.1. The average Bonchev–Trinajstić information content (AvgIpc) is 2.43. The van der Waals surface area contributed by atoms with E-state index in [0.717, 1.165) is 19.3 Å². The summed E-state index contributed by atoms with van der Waals surface area (Å²) >= 11 is 0. The number of esters is 1. The first-order chi connectivity index (χ1) is 10.7. The number of allylic oxidation sites excluding steroid dienone is 3. The SMILES string of the molecule is CC(C)[C@@H]1CCC(=O)/C=C\C2=CC[C@@H](OC(=O)C(C)(C)C)CC21. The number of carbonyl (C=O) groups excluding carboxylic acids is 2. The van der Waals surface area contributed by atoms with E-state index >= 15 is 0 Å². The van der Waals surface area contributed by atoms with Crippen LogP contribution in [-0.2, 0) is 14.3 Å². The molecule has 3 nitrogen and oxygen atoms in total. The highest BCUT2D eigenvalue weighted by Crippen LogP contribution is 2.40. The molecule has 3 heteroatoms. The molecule has 128 valence electrons. The van der Waals surface area contributed by atoms with Crippen LogP contribution in [-0.4, -0.2) is 17.9 Å². The number of hydrogen-bond donors (Lipinski definition) is 0. The molecule has 2 rings (SSSR count). The highest BCUT2D eigenvalue weighted by atomic mass is 16.5. The molecule has 3 atom stereocenters. The van der Waals surface area contributed by atoms with Crippen LogP contribution in [0, 0.1) is 23.2 Å². The predicted octanol–water partition coefficient (Wildman–Crippen LogP) is 4.47. The predicted molar refractivity (Wildman–Crippen MR) is 91.9 cm³/mol. The van der Waals surface area contributed by atoms with Crippen LogP contribution in [0.5, 0.6) is 0 Å². The lowest BCUT2D eigenvalue weighted by Gasteiger charge is -2.37. The van der Waals surface area contributed by atoms with E-state index in [1.165, 1.54) is 5.57 Å². The maximum absolute atomic E-state index is 12.2. The van der Waals surface area contributed by atoms with Gasteiger partial charge in [-0.3, -0.25) is 9.59 Å². The Morgan fingerprint density at radius 2 is 1.96 bits per heavy atom. The van der Waals surface area contributed by atoms with Gasteiger partial charge in [-0.25, -0.2) is 0 Å². The lowest BCUT2D eigenvalue weighted by molar-refractivity contribution is -0.159. The topological polar surface area (TPSA) is 43.4 Å². The van der Waals surface area contributed by atoms with E-state index in [1.54, 1.807) is 6.08 Å². The van der Waals surface area contributed by atoms with Crippen LogP contribution in [0.2, 0.25) is 0 Å². The van der Waals surface area contributed by atoms with Gasteiger partial charge in [0.25, 0.3) is 0 Å². The second kappa shape index (κ2) is 7.02. The van der Waals surface area contributed by atoms with E-state index < -0.39 is 5.41 Å². The normalized spacial score (nSPS) is 30.1. The van der Waals surface area contributed by atoms with Crippen molar-refractivity contribution >= 4 is 11.8 Å². The molecular weight excluding hydrogens is 288 g/mol. The summed E-state index contributed by atoms with van der Waals surface area (Å²) in [5.74, 6) is 1.45. The number of ketones is 1. The van der Waals surface area contributed by atoms with Crippen molar-refractivity contribution < 1.29 is 14.3 Å². The zero-order chi connectivity index (χ0) is 17.2. The molecule has 0 aliphatic heterocycles. The van der Waals surface area contributed by atoms with Gasteiger partial charge in [0.05, 0.1) is 5.41 Å².